The van der Waals surface area contributed by atoms with Crippen LogP contribution in [0.4, 0.5) is 0 Å². The fourth-order valence-corrected chi connectivity index (χ4v) is 6.10. The van der Waals surface area contributed by atoms with Crippen molar-refractivity contribution in [3.8, 4) is 11.1 Å². The second kappa shape index (κ2) is 9.56. The van der Waals surface area contributed by atoms with Crippen molar-refractivity contribution in [1.82, 2.24) is 4.90 Å². The molecule has 0 unspecified atom stereocenters. The molecule has 5 rings (SSSR count). The molecule has 2 N–H and O–H groups in total. The van der Waals surface area contributed by atoms with Crippen molar-refractivity contribution in [2.75, 3.05) is 19.7 Å². The lowest BCUT2D eigenvalue weighted by Gasteiger charge is -2.39. The van der Waals surface area contributed by atoms with Crippen LogP contribution in [-0.2, 0) is 16.1 Å². The molecule has 0 aliphatic carbocycles. The zero-order valence-electron chi connectivity index (χ0n) is 21.7. The first-order chi connectivity index (χ1) is 17.1. The molecule has 1 amide bonds. The summed E-state index contributed by atoms with van der Waals surface area (Å²) in [5.74, 6) is 0.0848. The number of carbonyl (C=O) groups excluding carboxylic acids is 1. The molecule has 1 spiro atoms. The maximum Gasteiger partial charge on any atom is 0.253 e. The Morgan fingerprint density at radius 3 is 2.19 bits per heavy atom. The summed E-state index contributed by atoms with van der Waals surface area (Å²) < 4.78 is 12.7. The highest BCUT2D eigenvalue weighted by Crippen LogP contribution is 2.49. The van der Waals surface area contributed by atoms with Crippen molar-refractivity contribution in [2.24, 2.45) is 5.41 Å². The predicted molar refractivity (Wildman–Crippen MR) is 139 cm³/mol. The van der Waals surface area contributed by atoms with Gasteiger partial charge in [0.25, 0.3) is 5.91 Å². The van der Waals surface area contributed by atoms with Crippen LogP contribution >= 0.6 is 0 Å². The highest BCUT2D eigenvalue weighted by atomic mass is 16.6. The lowest BCUT2D eigenvalue weighted by atomic mass is 9.74. The van der Waals surface area contributed by atoms with Gasteiger partial charge >= 0.3 is 0 Å². The Morgan fingerprint density at radius 1 is 1.03 bits per heavy atom. The minimum Gasteiger partial charge on any atom is -0.392 e. The van der Waals surface area contributed by atoms with Crippen molar-refractivity contribution < 1.29 is 24.5 Å². The molecule has 2 aromatic rings. The number of hydrogen-bond acceptors (Lipinski definition) is 5. The molecule has 0 aromatic heterocycles. The first-order valence-electron chi connectivity index (χ1n) is 13.2. The third kappa shape index (κ3) is 4.97. The van der Waals surface area contributed by atoms with Gasteiger partial charge in [-0.25, -0.2) is 0 Å². The highest BCUT2D eigenvalue weighted by Gasteiger charge is 2.53. The molecule has 2 aromatic carbocycles. The van der Waals surface area contributed by atoms with Gasteiger partial charge in [0.05, 0.1) is 36.6 Å². The van der Waals surface area contributed by atoms with Gasteiger partial charge in [-0.2, -0.15) is 0 Å². The fourth-order valence-electron chi connectivity index (χ4n) is 6.10. The molecule has 3 saturated heterocycles. The third-order valence-electron chi connectivity index (χ3n) is 8.71. The van der Waals surface area contributed by atoms with Crippen molar-refractivity contribution >= 4 is 5.91 Å². The summed E-state index contributed by atoms with van der Waals surface area (Å²) in [7, 11) is 0. The normalized spacial score (nSPS) is 28.1. The van der Waals surface area contributed by atoms with E-state index in [1.165, 1.54) is 0 Å². The smallest absolute Gasteiger partial charge is 0.253 e. The molecule has 6 heteroatoms. The number of amides is 1. The molecule has 6 nitrogen and oxygen atoms in total. The fraction of sp³-hybridized carbons (Fsp3) is 0.567. The molecule has 0 saturated carbocycles. The molecule has 3 aliphatic rings. The average molecular weight is 494 g/mol. The third-order valence-corrected chi connectivity index (χ3v) is 8.71. The molecule has 194 valence electrons. The van der Waals surface area contributed by atoms with Crippen LogP contribution in [0.1, 0.15) is 68.8 Å². The van der Waals surface area contributed by atoms with Gasteiger partial charge in [-0.1, -0.05) is 36.4 Å². The topological polar surface area (TPSA) is 79.2 Å². The number of aliphatic hydroxyl groups is 2. The molecule has 3 atom stereocenters. The van der Waals surface area contributed by atoms with E-state index in [1.807, 2.05) is 67.3 Å². The van der Waals surface area contributed by atoms with Crippen LogP contribution in [0.2, 0.25) is 0 Å². The monoisotopic (exact) mass is 493 g/mol. The first kappa shape index (κ1) is 25.4. The van der Waals surface area contributed by atoms with Crippen LogP contribution in [0.15, 0.2) is 48.5 Å². The van der Waals surface area contributed by atoms with Crippen molar-refractivity contribution in [1.29, 1.82) is 0 Å². The summed E-state index contributed by atoms with van der Waals surface area (Å²) in [5, 5.41) is 19.6. The van der Waals surface area contributed by atoms with Gasteiger partial charge in [0, 0.05) is 18.7 Å². The van der Waals surface area contributed by atoms with E-state index in [9.17, 15) is 15.0 Å². The van der Waals surface area contributed by atoms with Gasteiger partial charge in [0.1, 0.15) is 0 Å². The Morgan fingerprint density at radius 2 is 1.64 bits per heavy atom. The number of piperidine rings is 1. The van der Waals surface area contributed by atoms with Gasteiger partial charge in [-0.15, -0.1) is 0 Å². The van der Waals surface area contributed by atoms with Crippen LogP contribution in [0.5, 0.6) is 0 Å². The quantitative estimate of drug-likeness (QED) is 0.638. The molecular weight excluding hydrogens is 454 g/mol. The largest absolute Gasteiger partial charge is 0.392 e. The Labute approximate surface area is 214 Å². The molecule has 3 heterocycles. The highest BCUT2D eigenvalue weighted by molar-refractivity contribution is 5.94. The summed E-state index contributed by atoms with van der Waals surface area (Å²) in [6.45, 7) is 7.99. The second-order valence-electron chi connectivity index (χ2n) is 11.8. The minimum atomic E-state index is -0.845. The Kier molecular flexibility index (Phi) is 6.75. The van der Waals surface area contributed by atoms with Crippen LogP contribution in [0.25, 0.3) is 11.1 Å². The van der Waals surface area contributed by atoms with Crippen LogP contribution in [0.3, 0.4) is 0 Å². The summed E-state index contributed by atoms with van der Waals surface area (Å²) in [4.78, 5) is 15.2. The van der Waals surface area contributed by atoms with E-state index in [0.29, 0.717) is 5.56 Å². The molecule has 3 fully saturated rings. The van der Waals surface area contributed by atoms with E-state index < -0.39 is 5.60 Å². The number of ether oxygens (including phenoxy) is 2. The lowest BCUT2D eigenvalue weighted by molar-refractivity contribution is -0.155. The van der Waals surface area contributed by atoms with Gasteiger partial charge in [0.2, 0.25) is 0 Å². The van der Waals surface area contributed by atoms with E-state index in [2.05, 4.69) is 6.92 Å². The Balaban J connectivity index is 1.17. The van der Waals surface area contributed by atoms with Gasteiger partial charge < -0.3 is 24.6 Å². The first-order valence-corrected chi connectivity index (χ1v) is 13.2. The van der Waals surface area contributed by atoms with Gasteiger partial charge in [0.15, 0.2) is 0 Å². The van der Waals surface area contributed by atoms with E-state index >= 15 is 0 Å². The number of rotatable bonds is 5. The molecular formula is C30H39NO5. The summed E-state index contributed by atoms with van der Waals surface area (Å²) in [6.07, 6.45) is 4.45. The zero-order chi connectivity index (χ0) is 25.6. The lowest BCUT2D eigenvalue weighted by Crippen LogP contribution is -2.45. The second-order valence-corrected chi connectivity index (χ2v) is 11.8. The number of carbonyl (C=O) groups is 1. The molecule has 3 aliphatic heterocycles. The average Bonchev–Trinajstić information content (AvgIpc) is 3.50. The van der Waals surface area contributed by atoms with Crippen molar-refractivity contribution in [2.45, 2.75) is 82.9 Å². The van der Waals surface area contributed by atoms with E-state index in [-0.39, 0.29) is 35.7 Å². The number of benzene rings is 2. The molecule has 0 radical (unpaired) electrons. The van der Waals surface area contributed by atoms with E-state index in [0.717, 1.165) is 68.5 Å². The Hall–Kier alpha value is -2.25. The number of likely N-dealkylation sites (tertiary alicyclic amines) is 1. The Bertz CT molecular complexity index is 1070. The summed E-state index contributed by atoms with van der Waals surface area (Å²) in [5.41, 5.74) is 2.62. The SMILES string of the molecule is CC(C)(O)[C@@H]1CC[C@](C)([C@H]2CC3(CCN(C(=O)c4ccc(-c5ccc(CO)cc5)cc4)CC3)CO2)O1. The van der Waals surface area contributed by atoms with Gasteiger partial charge in [-0.3, -0.25) is 4.79 Å². The predicted octanol–water partition coefficient (Wildman–Crippen LogP) is 4.57. The van der Waals surface area contributed by atoms with Crippen molar-refractivity contribution in [3.63, 3.8) is 0 Å². The van der Waals surface area contributed by atoms with Crippen LogP contribution in [0, 0.1) is 5.41 Å². The maximum atomic E-state index is 13.2. The van der Waals surface area contributed by atoms with Gasteiger partial charge in [-0.05, 0) is 87.1 Å². The minimum absolute atomic E-state index is 0.0334. The molecule has 36 heavy (non-hydrogen) atoms. The summed E-state index contributed by atoms with van der Waals surface area (Å²) in [6, 6.07) is 15.6. The number of aliphatic hydroxyl groups excluding tert-OH is 1. The molecule has 0 bridgehead atoms. The zero-order valence-corrected chi connectivity index (χ0v) is 21.7. The summed E-state index contributed by atoms with van der Waals surface area (Å²) >= 11 is 0. The van der Waals surface area contributed by atoms with Crippen LogP contribution < -0.4 is 0 Å². The standard InChI is InChI=1S/C30H39NO5/c1-28(2,34)25-12-13-29(3,36-25)26-18-30(20-35-26)14-16-31(17-15-30)27(33)24-10-8-23(9-11-24)22-6-4-21(19-32)5-7-22/h4-11,25-26,32,34H,12-20H2,1-3H3/t25-,26+,29+/m0/s1. The maximum absolute atomic E-state index is 13.2. The van der Waals surface area contributed by atoms with E-state index in [4.69, 9.17) is 9.47 Å². The number of hydrogen-bond donors (Lipinski definition) is 2. The van der Waals surface area contributed by atoms with E-state index in [1.54, 1.807) is 0 Å². The van der Waals surface area contributed by atoms with Crippen LogP contribution in [-0.4, -0.2) is 64.1 Å². The van der Waals surface area contributed by atoms with Crippen molar-refractivity contribution in [3.05, 3.63) is 59.7 Å². The number of nitrogens with zero attached hydrogens (tertiary/aromatic N) is 1.